The van der Waals surface area contributed by atoms with Gasteiger partial charge in [0.1, 0.15) is 0 Å². The predicted molar refractivity (Wildman–Crippen MR) is 86.6 cm³/mol. The molecule has 22 heavy (non-hydrogen) atoms. The molecule has 5 heteroatoms. The van der Waals surface area contributed by atoms with E-state index < -0.39 is 0 Å². The van der Waals surface area contributed by atoms with Gasteiger partial charge in [0.2, 0.25) is 11.8 Å². The minimum absolute atomic E-state index is 0.0155. The second-order valence-corrected chi connectivity index (χ2v) is 6.37. The normalized spacial score (nSPS) is 13.5. The number of rotatable bonds is 4. The zero-order valence-corrected chi connectivity index (χ0v) is 13.1. The summed E-state index contributed by atoms with van der Waals surface area (Å²) < 4.78 is 0. The Morgan fingerprint density at radius 1 is 1.18 bits per heavy atom. The highest BCUT2D eigenvalue weighted by molar-refractivity contribution is 7.10. The van der Waals surface area contributed by atoms with Crippen LogP contribution in [-0.4, -0.2) is 29.8 Å². The molecule has 0 aliphatic carbocycles. The van der Waals surface area contributed by atoms with Gasteiger partial charge in [0, 0.05) is 18.0 Å². The number of carbonyl (C=O) groups is 2. The van der Waals surface area contributed by atoms with E-state index in [1.54, 1.807) is 11.3 Å². The maximum Gasteiger partial charge on any atom is 0.242 e. The molecule has 1 aromatic carbocycles. The van der Waals surface area contributed by atoms with Crippen LogP contribution in [0, 0.1) is 0 Å². The molecule has 0 unspecified atom stereocenters. The third-order valence-corrected chi connectivity index (χ3v) is 4.83. The Hall–Kier alpha value is -2.14. The quantitative estimate of drug-likeness (QED) is 0.938. The molecule has 114 valence electrons. The van der Waals surface area contributed by atoms with E-state index in [1.165, 1.54) is 10.4 Å². The second kappa shape index (κ2) is 6.75. The molecule has 0 fully saturated rings. The van der Waals surface area contributed by atoms with Crippen LogP contribution >= 0.6 is 11.3 Å². The molecule has 1 N–H and O–H groups in total. The van der Waals surface area contributed by atoms with Crippen molar-refractivity contribution in [2.75, 3.05) is 13.1 Å². The minimum Gasteiger partial charge on any atom is -0.347 e. The van der Waals surface area contributed by atoms with E-state index in [2.05, 4.69) is 16.8 Å². The third-order valence-electron chi connectivity index (χ3n) is 3.80. The van der Waals surface area contributed by atoms with Crippen LogP contribution in [-0.2, 0) is 29.0 Å². The highest BCUT2D eigenvalue weighted by Crippen LogP contribution is 2.23. The van der Waals surface area contributed by atoms with Crippen LogP contribution in [0.1, 0.15) is 16.0 Å². The Morgan fingerprint density at radius 2 is 2.00 bits per heavy atom. The van der Waals surface area contributed by atoms with E-state index in [9.17, 15) is 9.59 Å². The van der Waals surface area contributed by atoms with Crippen molar-refractivity contribution in [3.05, 3.63) is 57.8 Å². The van der Waals surface area contributed by atoms with Gasteiger partial charge in [-0.15, -0.1) is 11.3 Å². The van der Waals surface area contributed by atoms with Gasteiger partial charge in [0.15, 0.2) is 0 Å². The fraction of sp³-hybridized carbons (Fsp3) is 0.294. The van der Waals surface area contributed by atoms with E-state index >= 15 is 0 Å². The predicted octanol–water partition coefficient (Wildman–Crippen LogP) is 1.99. The number of nitrogens with zero attached hydrogens (tertiary/aromatic N) is 1. The first kappa shape index (κ1) is 14.8. The van der Waals surface area contributed by atoms with Gasteiger partial charge in [-0.25, -0.2) is 0 Å². The standard InChI is InChI=1S/C17H18N2O2S/c20-16(10-13-4-2-1-3-5-13)18-11-17(21)19-8-6-15-14(12-19)7-9-22-15/h1-5,7,9H,6,8,10-12H2,(H,18,20). The smallest absolute Gasteiger partial charge is 0.242 e. The lowest BCUT2D eigenvalue weighted by atomic mass is 10.1. The van der Waals surface area contributed by atoms with E-state index in [0.29, 0.717) is 13.0 Å². The summed E-state index contributed by atoms with van der Waals surface area (Å²) in [5.74, 6) is -0.133. The molecule has 4 nitrogen and oxygen atoms in total. The van der Waals surface area contributed by atoms with Crippen LogP contribution in [0.3, 0.4) is 0 Å². The summed E-state index contributed by atoms with van der Waals surface area (Å²) in [5, 5.41) is 4.79. The molecule has 1 aliphatic heterocycles. The molecule has 0 radical (unpaired) electrons. The van der Waals surface area contributed by atoms with E-state index in [4.69, 9.17) is 0 Å². The van der Waals surface area contributed by atoms with Gasteiger partial charge in [-0.1, -0.05) is 30.3 Å². The van der Waals surface area contributed by atoms with Gasteiger partial charge in [-0.05, 0) is 29.0 Å². The minimum atomic E-state index is -0.118. The number of amides is 2. The third kappa shape index (κ3) is 3.54. The number of benzene rings is 1. The Balaban J connectivity index is 1.47. The summed E-state index contributed by atoms with van der Waals surface area (Å²) in [7, 11) is 0. The fourth-order valence-electron chi connectivity index (χ4n) is 2.59. The van der Waals surface area contributed by atoms with Crippen LogP contribution in [0.4, 0.5) is 0 Å². The molecule has 3 rings (SSSR count). The number of carbonyl (C=O) groups excluding carboxylic acids is 2. The molecule has 0 spiro atoms. The monoisotopic (exact) mass is 314 g/mol. The molecule has 0 atom stereocenters. The summed E-state index contributed by atoms with van der Waals surface area (Å²) in [5.41, 5.74) is 2.19. The van der Waals surface area contributed by atoms with Gasteiger partial charge in [-0.2, -0.15) is 0 Å². The van der Waals surface area contributed by atoms with Gasteiger partial charge in [0.05, 0.1) is 13.0 Å². The summed E-state index contributed by atoms with van der Waals surface area (Å²) in [6, 6.07) is 11.6. The van der Waals surface area contributed by atoms with E-state index in [0.717, 1.165) is 18.5 Å². The second-order valence-electron chi connectivity index (χ2n) is 5.37. The maximum atomic E-state index is 12.2. The Kier molecular flexibility index (Phi) is 4.53. The lowest BCUT2D eigenvalue weighted by Gasteiger charge is -2.27. The number of hydrogen-bond acceptors (Lipinski definition) is 3. The average Bonchev–Trinajstić information content (AvgIpc) is 3.01. The van der Waals surface area contributed by atoms with Gasteiger partial charge in [-0.3, -0.25) is 9.59 Å². The van der Waals surface area contributed by atoms with Crippen LogP contribution in [0.15, 0.2) is 41.8 Å². The summed E-state index contributed by atoms with van der Waals surface area (Å²) in [6.07, 6.45) is 1.22. The van der Waals surface area contributed by atoms with Crippen LogP contribution in [0.5, 0.6) is 0 Å². The molecule has 0 saturated heterocycles. The SMILES string of the molecule is O=C(Cc1ccccc1)NCC(=O)N1CCc2sccc2C1. The van der Waals surface area contributed by atoms with Crippen molar-refractivity contribution in [3.63, 3.8) is 0 Å². The molecule has 2 aromatic rings. The van der Waals surface area contributed by atoms with Crippen LogP contribution in [0.25, 0.3) is 0 Å². The lowest BCUT2D eigenvalue weighted by Crippen LogP contribution is -2.42. The maximum absolute atomic E-state index is 12.2. The van der Waals surface area contributed by atoms with Crippen molar-refractivity contribution in [1.82, 2.24) is 10.2 Å². The molecule has 0 saturated carbocycles. The first-order chi connectivity index (χ1) is 10.7. The van der Waals surface area contributed by atoms with Crippen molar-refractivity contribution in [1.29, 1.82) is 0 Å². The summed E-state index contributed by atoms with van der Waals surface area (Å²) in [4.78, 5) is 27.3. The molecule has 2 amide bonds. The lowest BCUT2D eigenvalue weighted by molar-refractivity contribution is -0.133. The number of thiophene rings is 1. The van der Waals surface area contributed by atoms with Gasteiger partial charge in [0.25, 0.3) is 0 Å². The number of hydrogen-bond donors (Lipinski definition) is 1. The molecule has 1 aromatic heterocycles. The van der Waals surface area contributed by atoms with Crippen molar-refractivity contribution in [2.24, 2.45) is 0 Å². The van der Waals surface area contributed by atoms with Crippen molar-refractivity contribution >= 4 is 23.2 Å². The van der Waals surface area contributed by atoms with Crippen molar-refractivity contribution < 1.29 is 9.59 Å². The first-order valence-corrected chi connectivity index (χ1v) is 8.24. The summed E-state index contributed by atoms with van der Waals surface area (Å²) >= 11 is 1.75. The number of nitrogens with one attached hydrogen (secondary N) is 1. The molecule has 0 bridgehead atoms. The molecular formula is C17H18N2O2S. The fourth-order valence-corrected chi connectivity index (χ4v) is 3.48. The Labute approximate surface area is 133 Å². The van der Waals surface area contributed by atoms with Crippen LogP contribution < -0.4 is 5.32 Å². The van der Waals surface area contributed by atoms with E-state index in [1.807, 2.05) is 35.2 Å². The highest BCUT2D eigenvalue weighted by atomic mass is 32.1. The summed E-state index contributed by atoms with van der Waals surface area (Å²) in [6.45, 7) is 1.47. The van der Waals surface area contributed by atoms with Crippen molar-refractivity contribution in [2.45, 2.75) is 19.4 Å². The van der Waals surface area contributed by atoms with Crippen LogP contribution in [0.2, 0.25) is 0 Å². The topological polar surface area (TPSA) is 49.4 Å². The first-order valence-electron chi connectivity index (χ1n) is 7.36. The average molecular weight is 314 g/mol. The zero-order chi connectivity index (χ0) is 15.4. The molecular weight excluding hydrogens is 296 g/mol. The van der Waals surface area contributed by atoms with Crippen molar-refractivity contribution in [3.8, 4) is 0 Å². The highest BCUT2D eigenvalue weighted by Gasteiger charge is 2.21. The Morgan fingerprint density at radius 3 is 2.82 bits per heavy atom. The molecule has 1 aliphatic rings. The Bertz CT molecular complexity index is 666. The van der Waals surface area contributed by atoms with Gasteiger partial charge < -0.3 is 10.2 Å². The number of fused-ring (bicyclic) bond motifs is 1. The zero-order valence-electron chi connectivity index (χ0n) is 12.2. The van der Waals surface area contributed by atoms with E-state index in [-0.39, 0.29) is 18.4 Å². The van der Waals surface area contributed by atoms with Gasteiger partial charge >= 0.3 is 0 Å². The molecule has 2 heterocycles. The largest absolute Gasteiger partial charge is 0.347 e.